The predicted molar refractivity (Wildman–Crippen MR) is 86.4 cm³/mol. The van der Waals surface area contributed by atoms with E-state index in [0.717, 1.165) is 17.8 Å². The van der Waals surface area contributed by atoms with E-state index in [1.165, 1.54) is 6.92 Å². The number of hydrogen-bond acceptors (Lipinski definition) is 6. The number of nitrogens with one attached hydrogen (secondary N) is 2. The number of nitriles is 1. The zero-order valence-electron chi connectivity index (χ0n) is 21.0. The van der Waals surface area contributed by atoms with E-state index in [1.54, 1.807) is 11.4 Å². The first-order valence-electron chi connectivity index (χ1n) is 10.7. The van der Waals surface area contributed by atoms with Crippen LogP contribution in [-0.2, 0) is 11.7 Å². The van der Waals surface area contributed by atoms with Crippen molar-refractivity contribution < 1.29 is 24.1 Å². The zero-order valence-corrected chi connectivity index (χ0v) is 13.0. The average Bonchev–Trinajstić information content (AvgIpc) is 2.98. The molecule has 2 rings (SSSR count). The first-order chi connectivity index (χ1) is 14.7. The molecule has 0 radical (unpaired) electrons. The van der Waals surface area contributed by atoms with E-state index in [1.807, 2.05) is 0 Å². The molecule has 0 aliphatic carbocycles. The number of rotatable bonds is 5. The predicted octanol–water partition coefficient (Wildman–Crippen LogP) is 3.43. The molecule has 2 N–H and O–H groups in total. The fourth-order valence-electron chi connectivity index (χ4n) is 1.79. The van der Waals surface area contributed by atoms with Crippen molar-refractivity contribution in [3.63, 3.8) is 0 Å². The molecule has 2 heterocycles. The Morgan fingerprint density at radius 3 is 2.84 bits per heavy atom. The topological polar surface area (TPSA) is 91.5 Å². The van der Waals surface area contributed by atoms with Gasteiger partial charge >= 0.3 is 6.18 Å². The lowest BCUT2D eigenvalue weighted by atomic mass is 10.1. The molecule has 2 aromatic rings. The minimum absolute atomic E-state index is 0.0465. The van der Waals surface area contributed by atoms with Gasteiger partial charge in [0.15, 0.2) is 0 Å². The summed E-state index contributed by atoms with van der Waals surface area (Å²) in [6.07, 6.45) is -3.57. The van der Waals surface area contributed by atoms with Gasteiger partial charge in [0.2, 0.25) is 5.95 Å². The van der Waals surface area contributed by atoms with Gasteiger partial charge in [0, 0.05) is 23.7 Å². The van der Waals surface area contributed by atoms with E-state index in [-0.39, 0.29) is 11.4 Å². The van der Waals surface area contributed by atoms with Gasteiger partial charge in [-0.25, -0.2) is 4.98 Å². The summed E-state index contributed by atoms with van der Waals surface area (Å²) in [4.78, 5) is 7.07. The van der Waals surface area contributed by atoms with Gasteiger partial charge in [-0.15, -0.1) is 0 Å². The van der Waals surface area contributed by atoms with Gasteiger partial charge in [0.25, 0.3) is 0 Å². The van der Waals surface area contributed by atoms with Crippen LogP contribution in [0.25, 0.3) is 0 Å². The molecule has 134 valence electrons. The van der Waals surface area contributed by atoms with E-state index in [4.69, 9.17) is 11.0 Å². The summed E-state index contributed by atoms with van der Waals surface area (Å²) in [5.74, 6) is -1.63. The number of halogens is 3. The van der Waals surface area contributed by atoms with Gasteiger partial charge in [0.05, 0.1) is 23.6 Å². The van der Waals surface area contributed by atoms with E-state index in [2.05, 4.69) is 20.4 Å². The summed E-state index contributed by atoms with van der Waals surface area (Å²) in [6, 6.07) is 1.66. The Labute approximate surface area is 154 Å². The molecular weight excluding hydrogens is 335 g/mol. The molecule has 2 aromatic heterocycles. The van der Waals surface area contributed by atoms with Crippen molar-refractivity contribution in [2.24, 2.45) is 0 Å². The maximum atomic E-state index is 13.3. The first-order valence-corrected chi connectivity index (χ1v) is 6.70. The molecule has 0 aliphatic heterocycles. The maximum absolute atomic E-state index is 13.3. The lowest BCUT2D eigenvalue weighted by Crippen LogP contribution is -2.24. The van der Waals surface area contributed by atoms with Crippen LogP contribution in [-0.4, -0.2) is 26.2 Å². The molecule has 10 heteroatoms. The molecule has 0 spiro atoms. The van der Waals surface area contributed by atoms with Crippen molar-refractivity contribution in [2.75, 3.05) is 17.1 Å². The molecule has 0 fully saturated rings. The number of anilines is 3. The zero-order chi connectivity index (χ0) is 25.6. The number of aromatic nitrogens is 4. The van der Waals surface area contributed by atoms with Crippen molar-refractivity contribution in [3.05, 3.63) is 23.7 Å². The summed E-state index contributed by atoms with van der Waals surface area (Å²) in [6.45, 7) is -6.78. The molecule has 0 aromatic carbocycles. The molecule has 1 atom stereocenters. The highest BCUT2D eigenvalue weighted by molar-refractivity contribution is 5.58. The van der Waals surface area contributed by atoms with Crippen molar-refractivity contribution in [2.45, 2.75) is 39.3 Å². The van der Waals surface area contributed by atoms with Gasteiger partial charge in [-0.3, -0.25) is 4.68 Å². The molecule has 25 heavy (non-hydrogen) atoms. The first kappa shape index (κ1) is 10.2. The standard InChI is InChI=1S/C15H18F3N7/c1-5-20-12-10(15(16,17)18)6-21-13(23-12)22-11-7-25(24-9(11)2)14(3,4)8-19/h6-7H,5H2,1-4H3,(H2,20,21,22,23)/i1D3,3D3,5D2. The Balaban J connectivity index is 2.50. The second-order valence-electron chi connectivity index (χ2n) is 5.09. The van der Waals surface area contributed by atoms with Gasteiger partial charge in [-0.1, -0.05) is 0 Å². The van der Waals surface area contributed by atoms with Gasteiger partial charge in [-0.2, -0.15) is 28.5 Å². The molecular formula is C15H18F3N7. The molecule has 0 bridgehead atoms. The van der Waals surface area contributed by atoms with Crippen molar-refractivity contribution in [1.82, 2.24) is 19.7 Å². The van der Waals surface area contributed by atoms with Crippen LogP contribution in [0.3, 0.4) is 0 Å². The third-order valence-corrected chi connectivity index (χ3v) is 3.10. The normalized spacial score (nSPS) is 20.2. The van der Waals surface area contributed by atoms with E-state index >= 15 is 0 Å². The minimum Gasteiger partial charge on any atom is -0.370 e. The monoisotopic (exact) mass is 361 g/mol. The third kappa shape index (κ3) is 3.99. The number of hydrogen-bond donors (Lipinski definition) is 2. The fraction of sp³-hybridized carbons (Fsp3) is 0.467. The van der Waals surface area contributed by atoms with Crippen LogP contribution in [0.2, 0.25) is 0 Å². The number of nitrogens with zero attached hydrogens (tertiary/aromatic N) is 5. The van der Waals surface area contributed by atoms with Crippen LogP contribution in [0.1, 0.15) is 42.9 Å². The van der Waals surface area contributed by atoms with Gasteiger partial charge in [-0.05, 0) is 27.6 Å². The number of alkyl halides is 3. The van der Waals surface area contributed by atoms with Crippen LogP contribution in [0.5, 0.6) is 0 Å². The van der Waals surface area contributed by atoms with Crippen LogP contribution in [0.15, 0.2) is 12.4 Å². The molecule has 7 nitrogen and oxygen atoms in total. The highest BCUT2D eigenvalue weighted by atomic mass is 19.4. The van der Waals surface area contributed by atoms with Gasteiger partial charge in [0.1, 0.15) is 16.9 Å². The molecule has 0 amide bonds. The Morgan fingerprint density at radius 2 is 2.24 bits per heavy atom. The summed E-state index contributed by atoms with van der Waals surface area (Å²) in [5.41, 5.74) is -3.36. The van der Waals surface area contributed by atoms with Crippen LogP contribution < -0.4 is 10.6 Å². The average molecular weight is 361 g/mol. The Kier molecular flexibility index (Phi) is 2.69. The third-order valence-electron chi connectivity index (χ3n) is 3.10. The summed E-state index contributed by atoms with van der Waals surface area (Å²) in [7, 11) is 0. The van der Waals surface area contributed by atoms with Crippen LogP contribution in [0.4, 0.5) is 30.6 Å². The lowest BCUT2D eigenvalue weighted by Gasteiger charge is -2.15. The van der Waals surface area contributed by atoms with Crippen molar-refractivity contribution in [1.29, 1.82) is 5.26 Å². The summed E-state index contributed by atoms with van der Waals surface area (Å²) in [5, 5.41) is 17.5. The molecule has 0 aliphatic rings. The number of aryl methyl sites for hydroxylation is 1. The Bertz CT molecular complexity index is 1070. The molecule has 0 saturated carbocycles. The maximum Gasteiger partial charge on any atom is 0.421 e. The summed E-state index contributed by atoms with van der Waals surface area (Å²) < 4.78 is 100. The second-order valence-corrected chi connectivity index (χ2v) is 5.09. The second kappa shape index (κ2) is 6.58. The Morgan fingerprint density at radius 1 is 1.48 bits per heavy atom. The highest BCUT2D eigenvalue weighted by Gasteiger charge is 2.35. The van der Waals surface area contributed by atoms with Crippen molar-refractivity contribution in [3.8, 4) is 6.07 Å². The van der Waals surface area contributed by atoms with Crippen LogP contribution >= 0.6 is 0 Å². The minimum atomic E-state index is -5.03. The van der Waals surface area contributed by atoms with E-state index in [9.17, 15) is 18.4 Å². The smallest absolute Gasteiger partial charge is 0.370 e. The SMILES string of the molecule is [2H]C([2H])([2H])C([2H])([2H])Nc1nc(Nc2cn(C(C)(C#N)C([2H])([2H])[2H])nc2C)ncc1C(F)(F)F. The fourth-order valence-corrected chi connectivity index (χ4v) is 1.79. The van der Waals surface area contributed by atoms with E-state index in [0.29, 0.717) is 6.20 Å². The van der Waals surface area contributed by atoms with Crippen LogP contribution in [0, 0.1) is 18.3 Å². The van der Waals surface area contributed by atoms with Crippen molar-refractivity contribution >= 4 is 17.5 Å². The van der Waals surface area contributed by atoms with E-state index < -0.39 is 49.2 Å². The highest BCUT2D eigenvalue weighted by Crippen LogP contribution is 2.34. The quantitative estimate of drug-likeness (QED) is 0.848. The largest absolute Gasteiger partial charge is 0.421 e. The lowest BCUT2D eigenvalue weighted by molar-refractivity contribution is -0.137. The Hall–Kier alpha value is -2.83. The molecule has 0 saturated heterocycles. The summed E-state index contributed by atoms with van der Waals surface area (Å²) >= 11 is 0. The van der Waals surface area contributed by atoms with Gasteiger partial charge < -0.3 is 10.6 Å². The molecule has 1 unspecified atom stereocenters.